The molecule has 0 spiro atoms. The van der Waals surface area contributed by atoms with Crippen LogP contribution in [0.4, 0.5) is 0 Å². The lowest BCUT2D eigenvalue weighted by Crippen LogP contribution is -2.32. The fraction of sp³-hybridized carbons (Fsp3) is 0.500. The summed E-state index contributed by atoms with van der Waals surface area (Å²) in [5, 5.41) is 0. The average molecular weight is 220 g/mol. The number of rotatable bonds is 3. The number of aromatic nitrogens is 2. The first kappa shape index (κ1) is 12.5. The smallest absolute Gasteiger partial charge is 0.210 e. The molecule has 0 saturated heterocycles. The minimum atomic E-state index is -0.692. The van der Waals surface area contributed by atoms with Crippen LogP contribution < -0.4 is 0 Å². The van der Waals surface area contributed by atoms with E-state index in [9.17, 15) is 9.59 Å². The molecule has 1 unspecified atom stereocenters. The van der Waals surface area contributed by atoms with Gasteiger partial charge in [-0.25, -0.2) is 9.97 Å². The number of hydrogen-bond donors (Lipinski definition) is 0. The summed E-state index contributed by atoms with van der Waals surface area (Å²) in [6, 6.07) is 1.63. The van der Waals surface area contributed by atoms with Gasteiger partial charge in [0.05, 0.1) is 5.92 Å². The maximum atomic E-state index is 11.9. The van der Waals surface area contributed by atoms with Crippen LogP contribution in [-0.4, -0.2) is 21.5 Å². The number of Topliss-reactive ketones (excluding diaryl/α,β-unsaturated/α-hetero) is 2. The molecule has 0 aliphatic carbocycles. The summed E-state index contributed by atoms with van der Waals surface area (Å²) in [6.07, 6.45) is 2.99. The Hall–Kier alpha value is -1.58. The van der Waals surface area contributed by atoms with E-state index in [2.05, 4.69) is 9.97 Å². The van der Waals surface area contributed by atoms with E-state index in [4.69, 9.17) is 0 Å². The molecule has 0 N–H and O–H groups in total. The third-order valence-corrected chi connectivity index (χ3v) is 2.31. The summed E-state index contributed by atoms with van der Waals surface area (Å²) in [5.41, 5.74) is -0.524. The van der Waals surface area contributed by atoms with E-state index in [0.717, 1.165) is 0 Å². The van der Waals surface area contributed by atoms with Crippen LogP contribution in [0.3, 0.4) is 0 Å². The molecule has 0 aliphatic heterocycles. The van der Waals surface area contributed by atoms with Crippen molar-refractivity contribution >= 4 is 11.6 Å². The summed E-state index contributed by atoms with van der Waals surface area (Å²) in [4.78, 5) is 31.5. The lowest BCUT2D eigenvalue weighted by atomic mass is 9.82. The van der Waals surface area contributed by atoms with Crippen LogP contribution in [0.5, 0.6) is 0 Å². The maximum absolute atomic E-state index is 11.9. The van der Waals surface area contributed by atoms with Gasteiger partial charge in [0, 0.05) is 17.8 Å². The van der Waals surface area contributed by atoms with Crippen molar-refractivity contribution in [2.45, 2.75) is 27.7 Å². The summed E-state index contributed by atoms with van der Waals surface area (Å²) in [6.45, 7) is 6.99. The summed E-state index contributed by atoms with van der Waals surface area (Å²) >= 11 is 0. The third kappa shape index (κ3) is 2.72. The van der Waals surface area contributed by atoms with Crippen LogP contribution in [0.2, 0.25) is 0 Å². The Bertz CT molecular complexity index is 393. The largest absolute Gasteiger partial charge is 0.298 e. The molecule has 86 valence electrons. The predicted octanol–water partition coefficient (Wildman–Crippen LogP) is 1.91. The molecule has 0 saturated carbocycles. The van der Waals surface area contributed by atoms with E-state index in [1.54, 1.807) is 33.8 Å². The highest BCUT2D eigenvalue weighted by Crippen LogP contribution is 2.21. The molecular formula is C12H16N2O2. The molecule has 1 rings (SSSR count). The molecular weight excluding hydrogens is 204 g/mol. The fourth-order valence-electron chi connectivity index (χ4n) is 1.39. The number of hydrogen-bond acceptors (Lipinski definition) is 4. The minimum absolute atomic E-state index is 0.0926. The topological polar surface area (TPSA) is 59.9 Å². The van der Waals surface area contributed by atoms with Gasteiger partial charge in [-0.15, -0.1) is 0 Å². The van der Waals surface area contributed by atoms with Crippen LogP contribution in [0.15, 0.2) is 18.5 Å². The van der Waals surface area contributed by atoms with Crippen molar-refractivity contribution in [3.8, 4) is 0 Å². The first-order valence-corrected chi connectivity index (χ1v) is 5.19. The molecule has 0 amide bonds. The number of ketones is 2. The standard InChI is InChI=1S/C12H16N2O2/c1-8(10(16)12(2,3)4)9(15)11-13-6-5-7-14-11/h5-8H,1-4H3. The Morgan fingerprint density at radius 2 is 1.69 bits per heavy atom. The Kier molecular flexibility index (Phi) is 3.52. The van der Waals surface area contributed by atoms with Gasteiger partial charge in [0.2, 0.25) is 5.78 Å². The van der Waals surface area contributed by atoms with E-state index >= 15 is 0 Å². The van der Waals surface area contributed by atoms with Crippen molar-refractivity contribution in [2.75, 3.05) is 0 Å². The van der Waals surface area contributed by atoms with Gasteiger partial charge in [-0.3, -0.25) is 9.59 Å². The number of carbonyl (C=O) groups excluding carboxylic acids is 2. The van der Waals surface area contributed by atoms with E-state index in [0.29, 0.717) is 0 Å². The molecule has 0 fully saturated rings. The number of nitrogens with zero attached hydrogens (tertiary/aromatic N) is 2. The maximum Gasteiger partial charge on any atom is 0.210 e. The summed E-state index contributed by atoms with van der Waals surface area (Å²) < 4.78 is 0. The van der Waals surface area contributed by atoms with Crippen molar-refractivity contribution < 1.29 is 9.59 Å². The SMILES string of the molecule is CC(C(=O)c1ncccn1)C(=O)C(C)(C)C. The minimum Gasteiger partial charge on any atom is -0.298 e. The molecule has 4 nitrogen and oxygen atoms in total. The molecule has 1 heterocycles. The summed E-state index contributed by atoms with van der Waals surface area (Å²) in [7, 11) is 0. The van der Waals surface area contributed by atoms with Crippen molar-refractivity contribution in [3.05, 3.63) is 24.3 Å². The highest BCUT2D eigenvalue weighted by atomic mass is 16.2. The zero-order valence-electron chi connectivity index (χ0n) is 10.0. The Balaban J connectivity index is 2.88. The van der Waals surface area contributed by atoms with Crippen molar-refractivity contribution in [1.82, 2.24) is 9.97 Å². The second kappa shape index (κ2) is 4.51. The van der Waals surface area contributed by atoms with Gasteiger partial charge in [-0.05, 0) is 13.0 Å². The van der Waals surface area contributed by atoms with E-state index < -0.39 is 11.3 Å². The van der Waals surface area contributed by atoms with E-state index in [-0.39, 0.29) is 17.4 Å². The second-order valence-electron chi connectivity index (χ2n) is 4.77. The quantitative estimate of drug-likeness (QED) is 0.576. The van der Waals surface area contributed by atoms with E-state index in [1.165, 1.54) is 12.4 Å². The molecule has 0 aliphatic rings. The fourth-order valence-corrected chi connectivity index (χ4v) is 1.39. The zero-order valence-corrected chi connectivity index (χ0v) is 10.0. The van der Waals surface area contributed by atoms with Crippen LogP contribution in [0.1, 0.15) is 38.3 Å². The van der Waals surface area contributed by atoms with Gasteiger partial charge < -0.3 is 0 Å². The van der Waals surface area contributed by atoms with Crippen molar-refractivity contribution in [2.24, 2.45) is 11.3 Å². The molecule has 0 aromatic carbocycles. The van der Waals surface area contributed by atoms with Crippen LogP contribution in [0.25, 0.3) is 0 Å². The summed E-state index contributed by atoms with van der Waals surface area (Å²) in [5.74, 6) is -1.000. The molecule has 1 aromatic rings. The van der Waals surface area contributed by atoms with Gasteiger partial charge in [0.15, 0.2) is 5.82 Å². The molecule has 0 bridgehead atoms. The molecule has 0 radical (unpaired) electrons. The van der Waals surface area contributed by atoms with Crippen LogP contribution >= 0.6 is 0 Å². The first-order chi connectivity index (χ1) is 7.34. The first-order valence-electron chi connectivity index (χ1n) is 5.19. The average Bonchev–Trinajstić information content (AvgIpc) is 2.26. The Morgan fingerprint density at radius 3 is 2.12 bits per heavy atom. The molecule has 4 heteroatoms. The highest BCUT2D eigenvalue weighted by Gasteiger charge is 2.32. The lowest BCUT2D eigenvalue weighted by molar-refractivity contribution is -0.128. The van der Waals surface area contributed by atoms with Crippen molar-refractivity contribution in [3.63, 3.8) is 0 Å². The lowest BCUT2D eigenvalue weighted by Gasteiger charge is -2.20. The second-order valence-corrected chi connectivity index (χ2v) is 4.77. The Morgan fingerprint density at radius 1 is 1.19 bits per heavy atom. The van der Waals surface area contributed by atoms with Gasteiger partial charge in [0.1, 0.15) is 5.78 Å². The highest BCUT2D eigenvalue weighted by molar-refractivity contribution is 6.09. The van der Waals surface area contributed by atoms with Crippen LogP contribution in [-0.2, 0) is 4.79 Å². The Labute approximate surface area is 95.1 Å². The normalized spacial score (nSPS) is 13.2. The van der Waals surface area contributed by atoms with E-state index in [1.807, 2.05) is 0 Å². The van der Waals surface area contributed by atoms with Gasteiger partial charge >= 0.3 is 0 Å². The molecule has 1 atom stereocenters. The molecule has 16 heavy (non-hydrogen) atoms. The number of carbonyl (C=O) groups is 2. The van der Waals surface area contributed by atoms with Crippen LogP contribution in [0, 0.1) is 11.3 Å². The monoisotopic (exact) mass is 220 g/mol. The van der Waals surface area contributed by atoms with Gasteiger partial charge in [-0.2, -0.15) is 0 Å². The zero-order chi connectivity index (χ0) is 12.3. The predicted molar refractivity (Wildman–Crippen MR) is 60.0 cm³/mol. The van der Waals surface area contributed by atoms with Gasteiger partial charge in [-0.1, -0.05) is 20.8 Å². The van der Waals surface area contributed by atoms with Gasteiger partial charge in [0.25, 0.3) is 0 Å². The molecule has 1 aromatic heterocycles. The van der Waals surface area contributed by atoms with Crippen molar-refractivity contribution in [1.29, 1.82) is 0 Å². The third-order valence-electron chi connectivity index (χ3n) is 2.31.